The van der Waals surface area contributed by atoms with Crippen LogP contribution in [0.2, 0.25) is 5.02 Å². The molecule has 0 spiro atoms. The smallest absolute Gasteiger partial charge is 0.247 e. The molecule has 0 heterocycles. The molecule has 122 valence electrons. The fourth-order valence-corrected chi connectivity index (χ4v) is 2.01. The molecular weight excluding hydrogens is 326 g/mol. The molecule has 7 heteroatoms. The second-order valence-electron chi connectivity index (χ2n) is 2.33. The Bertz CT molecular complexity index is 374. The summed E-state index contributed by atoms with van der Waals surface area (Å²) in [5.41, 5.74) is 6.30. The Morgan fingerprint density at radius 1 is 1.14 bits per heavy atom. The fraction of sp³-hybridized carbons (Fsp3) is 0.0714. The lowest BCUT2D eigenvalue weighted by atomic mass is 10.2. The van der Waals surface area contributed by atoms with E-state index in [9.17, 15) is 4.79 Å². The summed E-state index contributed by atoms with van der Waals surface area (Å²) in [6, 6.07) is 5.32. The van der Waals surface area contributed by atoms with Crippen molar-refractivity contribution in [2.24, 2.45) is 5.73 Å². The van der Waals surface area contributed by atoms with Gasteiger partial charge in [-0.2, -0.15) is 0 Å². The molecule has 0 unspecified atom stereocenters. The van der Waals surface area contributed by atoms with E-state index in [4.69, 9.17) is 17.3 Å². The van der Waals surface area contributed by atoms with Gasteiger partial charge in [0.25, 0.3) is 0 Å². The summed E-state index contributed by atoms with van der Waals surface area (Å²) in [6.07, 6.45) is 0. The molecule has 1 rings (SSSR count). The minimum Gasteiger partial charge on any atom is -0.344 e. The van der Waals surface area contributed by atoms with Crippen molar-refractivity contribution in [1.29, 1.82) is 0 Å². The largest absolute Gasteiger partial charge is 0.344 e. The first kappa shape index (κ1) is 32.1. The molecule has 1 aromatic rings. The highest BCUT2D eigenvalue weighted by Crippen LogP contribution is 2.26. The van der Waals surface area contributed by atoms with Crippen LogP contribution in [0, 0.1) is 0 Å². The van der Waals surface area contributed by atoms with E-state index in [1.165, 1.54) is 0 Å². The Hall–Kier alpha value is -1.02. The van der Waals surface area contributed by atoms with Crippen LogP contribution in [-0.2, 0) is 6.54 Å². The third-order valence-corrected chi connectivity index (χ3v) is 2.74. The number of halogens is 1. The molecule has 0 amide bonds. The van der Waals surface area contributed by atoms with Gasteiger partial charge in [0.05, 0.1) is 0 Å². The number of benzene rings is 1. The Kier molecular flexibility index (Phi) is 36.7. The van der Waals surface area contributed by atoms with Gasteiger partial charge in [-0.3, -0.25) is 4.79 Å². The lowest BCUT2D eigenvalue weighted by Crippen LogP contribution is -1.96. The quantitative estimate of drug-likeness (QED) is 0.311. The van der Waals surface area contributed by atoms with Crippen LogP contribution in [0.15, 0.2) is 62.6 Å². The Morgan fingerprint density at radius 2 is 1.57 bits per heavy atom. The molecular formula is C14H26ClN3OS2. The van der Waals surface area contributed by atoms with Gasteiger partial charge in [0.1, 0.15) is 0 Å². The maximum atomic E-state index is 10.6. The van der Waals surface area contributed by atoms with Gasteiger partial charge in [0.15, 0.2) is 0 Å². The molecule has 0 aliphatic rings. The highest BCUT2D eigenvalue weighted by atomic mass is 35.5. The number of hydrogen-bond donors (Lipinski definition) is 4. The van der Waals surface area contributed by atoms with Crippen molar-refractivity contribution >= 4 is 40.4 Å². The fourth-order valence-electron chi connectivity index (χ4n) is 0.858. The summed E-state index contributed by atoms with van der Waals surface area (Å²) in [5.74, 6) is 0. The van der Waals surface area contributed by atoms with Crippen molar-refractivity contribution in [2.75, 3.05) is 0 Å². The number of thiol groups is 1. The summed E-state index contributed by atoms with van der Waals surface area (Å²) >= 11 is 10.6. The second kappa shape index (κ2) is 24.0. The van der Waals surface area contributed by atoms with Gasteiger partial charge in [-0.05, 0) is 29.5 Å². The number of carbonyl (C=O) groups excluding carboxylic acids is 1. The van der Waals surface area contributed by atoms with Crippen LogP contribution in [0.4, 0.5) is 4.79 Å². The lowest BCUT2D eigenvalue weighted by molar-refractivity contribution is 0.277. The Labute approximate surface area is 143 Å². The minimum absolute atomic E-state index is 0. The number of rotatable bonds is 2. The molecule has 0 aromatic heterocycles. The van der Waals surface area contributed by atoms with Gasteiger partial charge in [0, 0.05) is 16.5 Å². The van der Waals surface area contributed by atoms with E-state index in [1.54, 1.807) is 18.2 Å². The Morgan fingerprint density at radius 3 is 1.86 bits per heavy atom. The van der Waals surface area contributed by atoms with E-state index in [1.807, 2.05) is 0 Å². The van der Waals surface area contributed by atoms with Crippen LogP contribution in [0.1, 0.15) is 5.56 Å². The molecule has 8 N–H and O–H groups in total. The van der Waals surface area contributed by atoms with Gasteiger partial charge in [-0.1, -0.05) is 30.3 Å². The Balaban J connectivity index is -0.0000000951. The second-order valence-corrected chi connectivity index (χ2v) is 4.49. The molecule has 0 aliphatic heterocycles. The standard InChI is InChI=1S/C8H8ClNOS2.3C2H4.2H3N/c9-7-3-6(13-8(11)12)2-1-5(7)4-10;3*1-2;;/h1-3H,4,10H2,(H,11,12);3*1-2H2;2*1H3. The third kappa shape index (κ3) is 16.9. The normalized spacial score (nSPS) is 6.81. The summed E-state index contributed by atoms with van der Waals surface area (Å²) in [5, 5.41) is 0.585. The molecule has 0 bridgehead atoms. The van der Waals surface area contributed by atoms with E-state index in [0.717, 1.165) is 22.2 Å². The van der Waals surface area contributed by atoms with Gasteiger partial charge < -0.3 is 18.0 Å². The third-order valence-electron chi connectivity index (χ3n) is 1.45. The first-order valence-electron chi connectivity index (χ1n) is 5.02. The molecule has 1 aromatic carbocycles. The van der Waals surface area contributed by atoms with E-state index in [-0.39, 0.29) is 16.7 Å². The average molecular weight is 352 g/mol. The average Bonchev–Trinajstić information content (AvgIpc) is 2.45. The molecule has 0 radical (unpaired) electrons. The number of nitrogens with two attached hydrogens (primary N) is 1. The lowest BCUT2D eigenvalue weighted by Gasteiger charge is -2.02. The monoisotopic (exact) mass is 351 g/mol. The summed E-state index contributed by atoms with van der Waals surface area (Å²) in [4.78, 5) is 11.4. The zero-order chi connectivity index (χ0) is 15.8. The first-order chi connectivity index (χ1) is 9.13. The van der Waals surface area contributed by atoms with Crippen molar-refractivity contribution in [2.45, 2.75) is 11.4 Å². The van der Waals surface area contributed by atoms with Crippen molar-refractivity contribution in [3.63, 3.8) is 0 Å². The molecule has 0 aliphatic carbocycles. The van der Waals surface area contributed by atoms with Gasteiger partial charge >= 0.3 is 0 Å². The van der Waals surface area contributed by atoms with Crippen LogP contribution in [0.5, 0.6) is 0 Å². The molecule has 0 atom stereocenters. The van der Waals surface area contributed by atoms with Crippen LogP contribution in [0.25, 0.3) is 0 Å². The van der Waals surface area contributed by atoms with Crippen LogP contribution in [-0.4, -0.2) is 4.45 Å². The highest BCUT2D eigenvalue weighted by Gasteiger charge is 2.03. The summed E-state index contributed by atoms with van der Waals surface area (Å²) < 4.78 is -0.253. The van der Waals surface area contributed by atoms with Crippen molar-refractivity contribution in [1.82, 2.24) is 12.3 Å². The van der Waals surface area contributed by atoms with Crippen LogP contribution >= 0.6 is 36.0 Å². The van der Waals surface area contributed by atoms with E-state index >= 15 is 0 Å². The van der Waals surface area contributed by atoms with Gasteiger partial charge in [-0.15, -0.1) is 39.5 Å². The van der Waals surface area contributed by atoms with Gasteiger partial charge in [-0.25, -0.2) is 0 Å². The SMILES string of the molecule is C=C.C=C.C=C.N.N.NCc1ccc(SC(=O)S)cc1Cl. The summed E-state index contributed by atoms with van der Waals surface area (Å²) in [6.45, 7) is 18.4. The number of carbonyl (C=O) groups is 1. The highest BCUT2D eigenvalue weighted by molar-refractivity contribution is 8.32. The number of thioether (sulfide) groups is 1. The molecule has 0 saturated carbocycles. The van der Waals surface area contributed by atoms with E-state index in [0.29, 0.717) is 11.6 Å². The zero-order valence-corrected chi connectivity index (χ0v) is 14.8. The molecule has 0 fully saturated rings. The van der Waals surface area contributed by atoms with Crippen LogP contribution < -0.4 is 18.0 Å². The maximum absolute atomic E-state index is 10.6. The first-order valence-corrected chi connectivity index (χ1v) is 6.67. The zero-order valence-electron chi connectivity index (χ0n) is 12.3. The van der Waals surface area contributed by atoms with E-state index in [2.05, 4.69) is 52.1 Å². The summed E-state index contributed by atoms with van der Waals surface area (Å²) in [7, 11) is 0. The van der Waals surface area contributed by atoms with Gasteiger partial charge in [0.2, 0.25) is 4.45 Å². The molecule has 4 nitrogen and oxygen atoms in total. The van der Waals surface area contributed by atoms with Crippen molar-refractivity contribution in [3.8, 4) is 0 Å². The molecule has 0 saturated heterocycles. The maximum Gasteiger partial charge on any atom is 0.247 e. The minimum atomic E-state index is -0.253. The predicted molar refractivity (Wildman–Crippen MR) is 103 cm³/mol. The molecule has 21 heavy (non-hydrogen) atoms. The predicted octanol–water partition coefficient (Wildman–Crippen LogP) is 5.67. The van der Waals surface area contributed by atoms with Crippen LogP contribution in [0.3, 0.4) is 0 Å². The van der Waals surface area contributed by atoms with Crippen molar-refractivity contribution in [3.05, 3.63) is 68.3 Å². The number of hydrogen-bond acceptors (Lipinski definition) is 5. The topological polar surface area (TPSA) is 113 Å². The van der Waals surface area contributed by atoms with E-state index < -0.39 is 0 Å². The van der Waals surface area contributed by atoms with Crippen molar-refractivity contribution < 1.29 is 4.79 Å².